The number of piperazine rings is 1. The summed E-state index contributed by atoms with van der Waals surface area (Å²) in [5.74, 6) is -3.71. The van der Waals surface area contributed by atoms with Gasteiger partial charge in [-0.05, 0) is 17.7 Å². The minimum atomic E-state index is -1.42. The van der Waals surface area contributed by atoms with Crippen LogP contribution < -0.4 is 10.2 Å². The number of nitrogens with one attached hydrogen (secondary N) is 1. The second-order valence-electron chi connectivity index (χ2n) is 5.02. The Bertz CT molecular complexity index is 631. The van der Waals surface area contributed by atoms with Crippen LogP contribution in [0.2, 0.25) is 0 Å². The molecular formula is C16H15F3N2. The zero-order valence-electron chi connectivity index (χ0n) is 11.3. The zero-order valence-corrected chi connectivity index (χ0v) is 11.3. The Morgan fingerprint density at radius 2 is 1.71 bits per heavy atom. The van der Waals surface area contributed by atoms with Crippen LogP contribution in [0.3, 0.4) is 0 Å². The molecule has 0 aliphatic carbocycles. The van der Waals surface area contributed by atoms with Gasteiger partial charge in [-0.1, -0.05) is 30.3 Å². The molecule has 2 aromatic carbocycles. The summed E-state index contributed by atoms with van der Waals surface area (Å²) in [7, 11) is 0. The van der Waals surface area contributed by atoms with E-state index in [0.29, 0.717) is 19.6 Å². The molecule has 1 saturated heterocycles. The Balaban J connectivity index is 2.01. The van der Waals surface area contributed by atoms with Gasteiger partial charge in [0.25, 0.3) is 0 Å². The second kappa shape index (κ2) is 5.77. The number of anilines is 1. The van der Waals surface area contributed by atoms with Gasteiger partial charge in [0.2, 0.25) is 0 Å². The van der Waals surface area contributed by atoms with E-state index in [4.69, 9.17) is 0 Å². The van der Waals surface area contributed by atoms with Gasteiger partial charge in [0.05, 0.1) is 11.7 Å². The van der Waals surface area contributed by atoms with Gasteiger partial charge in [0.15, 0.2) is 17.5 Å². The van der Waals surface area contributed by atoms with E-state index in [2.05, 4.69) is 5.32 Å². The molecule has 1 aliphatic heterocycles. The third-order valence-corrected chi connectivity index (χ3v) is 3.75. The van der Waals surface area contributed by atoms with Gasteiger partial charge in [-0.3, -0.25) is 0 Å². The van der Waals surface area contributed by atoms with Crippen LogP contribution in [0.5, 0.6) is 0 Å². The van der Waals surface area contributed by atoms with E-state index >= 15 is 0 Å². The van der Waals surface area contributed by atoms with Gasteiger partial charge in [-0.2, -0.15) is 0 Å². The lowest BCUT2D eigenvalue weighted by Gasteiger charge is -2.38. The van der Waals surface area contributed by atoms with E-state index in [-0.39, 0.29) is 11.7 Å². The molecule has 1 unspecified atom stereocenters. The quantitative estimate of drug-likeness (QED) is 0.855. The first kappa shape index (κ1) is 13.9. The minimum absolute atomic E-state index is 0.101. The highest BCUT2D eigenvalue weighted by molar-refractivity contribution is 5.51. The monoisotopic (exact) mass is 292 g/mol. The summed E-state index contributed by atoms with van der Waals surface area (Å²) >= 11 is 0. The fraction of sp³-hybridized carbons (Fsp3) is 0.250. The lowest BCUT2D eigenvalue weighted by molar-refractivity contribution is 0.434. The van der Waals surface area contributed by atoms with Crippen molar-refractivity contribution in [3.8, 4) is 0 Å². The van der Waals surface area contributed by atoms with Crippen molar-refractivity contribution in [2.75, 3.05) is 24.5 Å². The molecule has 0 aromatic heterocycles. The summed E-state index contributed by atoms with van der Waals surface area (Å²) in [6.45, 7) is 1.83. The lowest BCUT2D eigenvalue weighted by atomic mass is 10.0. The third kappa shape index (κ3) is 2.61. The van der Waals surface area contributed by atoms with Gasteiger partial charge in [0, 0.05) is 19.6 Å². The van der Waals surface area contributed by atoms with Crippen LogP contribution in [0.1, 0.15) is 11.6 Å². The van der Waals surface area contributed by atoms with Crippen molar-refractivity contribution in [2.45, 2.75) is 6.04 Å². The van der Waals surface area contributed by atoms with Crippen molar-refractivity contribution in [3.63, 3.8) is 0 Å². The molecule has 0 radical (unpaired) electrons. The molecule has 3 rings (SSSR count). The summed E-state index contributed by atoms with van der Waals surface area (Å²) in [4.78, 5) is 1.78. The minimum Gasteiger partial charge on any atom is -0.359 e. The van der Waals surface area contributed by atoms with E-state index in [0.717, 1.165) is 11.6 Å². The molecule has 1 fully saturated rings. The fourth-order valence-electron chi connectivity index (χ4n) is 2.70. The Hall–Kier alpha value is -2.01. The molecule has 0 saturated carbocycles. The molecule has 1 aliphatic rings. The summed E-state index contributed by atoms with van der Waals surface area (Å²) < 4.78 is 40.6. The molecule has 21 heavy (non-hydrogen) atoms. The van der Waals surface area contributed by atoms with E-state index in [1.165, 1.54) is 6.07 Å². The number of halogens is 3. The normalized spacial score (nSPS) is 18.8. The Labute approximate surface area is 121 Å². The summed E-state index contributed by atoms with van der Waals surface area (Å²) in [5.41, 5.74) is 1.11. The first-order valence-electron chi connectivity index (χ1n) is 6.84. The number of rotatable bonds is 2. The summed E-state index contributed by atoms with van der Waals surface area (Å²) in [6.07, 6.45) is 0. The van der Waals surface area contributed by atoms with E-state index < -0.39 is 17.5 Å². The molecule has 0 bridgehead atoms. The first-order valence-corrected chi connectivity index (χ1v) is 6.84. The number of hydrogen-bond acceptors (Lipinski definition) is 2. The second-order valence-corrected chi connectivity index (χ2v) is 5.02. The van der Waals surface area contributed by atoms with Crippen LogP contribution in [0.25, 0.3) is 0 Å². The lowest BCUT2D eigenvalue weighted by Crippen LogP contribution is -2.46. The highest BCUT2D eigenvalue weighted by atomic mass is 19.2. The fourth-order valence-corrected chi connectivity index (χ4v) is 2.70. The maximum Gasteiger partial charge on any atom is 0.196 e. The summed E-state index contributed by atoms with van der Waals surface area (Å²) in [5, 5.41) is 3.25. The number of benzene rings is 2. The van der Waals surface area contributed by atoms with Gasteiger partial charge in [0.1, 0.15) is 0 Å². The number of hydrogen-bond donors (Lipinski definition) is 1. The van der Waals surface area contributed by atoms with Crippen LogP contribution in [0, 0.1) is 17.5 Å². The van der Waals surface area contributed by atoms with Crippen LogP contribution in [-0.4, -0.2) is 19.6 Å². The molecule has 110 valence electrons. The first-order chi connectivity index (χ1) is 10.2. The van der Waals surface area contributed by atoms with Crippen molar-refractivity contribution in [2.24, 2.45) is 0 Å². The Morgan fingerprint density at radius 3 is 2.48 bits per heavy atom. The smallest absolute Gasteiger partial charge is 0.196 e. The van der Waals surface area contributed by atoms with Crippen molar-refractivity contribution < 1.29 is 13.2 Å². The highest BCUT2D eigenvalue weighted by Gasteiger charge is 2.27. The van der Waals surface area contributed by atoms with Crippen LogP contribution >= 0.6 is 0 Å². The largest absolute Gasteiger partial charge is 0.359 e. The van der Waals surface area contributed by atoms with Gasteiger partial charge in [-0.25, -0.2) is 13.2 Å². The predicted octanol–water partition coefficient (Wildman–Crippen LogP) is 3.25. The zero-order chi connectivity index (χ0) is 14.8. The maximum atomic E-state index is 14.1. The highest BCUT2D eigenvalue weighted by Crippen LogP contribution is 2.31. The van der Waals surface area contributed by atoms with E-state index in [1.54, 1.807) is 4.90 Å². The Morgan fingerprint density at radius 1 is 0.952 bits per heavy atom. The van der Waals surface area contributed by atoms with Gasteiger partial charge in [-0.15, -0.1) is 0 Å². The topological polar surface area (TPSA) is 15.3 Å². The van der Waals surface area contributed by atoms with E-state index in [1.807, 2.05) is 30.3 Å². The molecule has 1 N–H and O–H groups in total. The van der Waals surface area contributed by atoms with Gasteiger partial charge < -0.3 is 10.2 Å². The molecule has 1 heterocycles. The average Bonchev–Trinajstić information content (AvgIpc) is 2.54. The average molecular weight is 292 g/mol. The summed E-state index contributed by atoms with van der Waals surface area (Å²) in [6, 6.07) is 11.8. The third-order valence-electron chi connectivity index (χ3n) is 3.75. The standard InChI is InChI=1S/C16H15F3N2/c17-12-6-7-13(16(19)15(12)18)21-9-8-20-10-14(21)11-4-2-1-3-5-11/h1-7,14,20H,8-10H2. The molecular weight excluding hydrogens is 277 g/mol. The predicted molar refractivity (Wildman–Crippen MR) is 75.7 cm³/mol. The SMILES string of the molecule is Fc1ccc(N2CCNCC2c2ccccc2)c(F)c1F. The van der Waals surface area contributed by atoms with Crippen molar-refractivity contribution >= 4 is 5.69 Å². The molecule has 0 spiro atoms. The van der Waals surface area contributed by atoms with Gasteiger partial charge >= 0.3 is 0 Å². The van der Waals surface area contributed by atoms with Crippen LogP contribution in [-0.2, 0) is 0 Å². The van der Waals surface area contributed by atoms with Crippen molar-refractivity contribution in [1.29, 1.82) is 0 Å². The van der Waals surface area contributed by atoms with Crippen LogP contribution in [0.4, 0.5) is 18.9 Å². The molecule has 5 heteroatoms. The maximum absolute atomic E-state index is 14.1. The molecule has 2 nitrogen and oxygen atoms in total. The van der Waals surface area contributed by atoms with Crippen molar-refractivity contribution in [3.05, 3.63) is 65.5 Å². The number of nitrogens with zero attached hydrogens (tertiary/aromatic N) is 1. The molecule has 1 atom stereocenters. The van der Waals surface area contributed by atoms with Crippen LogP contribution in [0.15, 0.2) is 42.5 Å². The molecule has 2 aromatic rings. The van der Waals surface area contributed by atoms with E-state index in [9.17, 15) is 13.2 Å². The Kier molecular flexibility index (Phi) is 3.84. The molecule has 0 amide bonds. The van der Waals surface area contributed by atoms with Crippen molar-refractivity contribution in [1.82, 2.24) is 5.32 Å².